The van der Waals surface area contributed by atoms with Crippen molar-refractivity contribution in [2.75, 3.05) is 5.73 Å². The van der Waals surface area contributed by atoms with E-state index in [2.05, 4.69) is 15.9 Å². The van der Waals surface area contributed by atoms with Crippen molar-refractivity contribution < 1.29 is 8.60 Å². The summed E-state index contributed by atoms with van der Waals surface area (Å²) in [7, 11) is -1.26. The van der Waals surface area contributed by atoms with Crippen LogP contribution in [0.4, 0.5) is 10.1 Å². The summed E-state index contributed by atoms with van der Waals surface area (Å²) in [4.78, 5) is 1.44. The normalized spacial score (nSPS) is 12.6. The molecule has 1 heterocycles. The lowest BCUT2D eigenvalue weighted by atomic mass is 10.3. The van der Waals surface area contributed by atoms with Crippen LogP contribution in [0, 0.1) is 5.82 Å². The second-order valence-electron chi connectivity index (χ2n) is 3.36. The van der Waals surface area contributed by atoms with Gasteiger partial charge in [0.15, 0.2) is 0 Å². The van der Waals surface area contributed by atoms with Crippen LogP contribution in [0.25, 0.3) is 0 Å². The Morgan fingerprint density at radius 2 is 2.18 bits per heavy atom. The highest BCUT2D eigenvalue weighted by molar-refractivity contribution is 9.10. The molecule has 0 fully saturated rings. The fourth-order valence-corrected chi connectivity index (χ4v) is 4.35. The molecule has 1 aromatic carbocycles. The number of rotatable bonds is 3. The lowest BCUT2D eigenvalue weighted by molar-refractivity contribution is 0.627. The lowest BCUT2D eigenvalue weighted by Gasteiger charge is -2.03. The Morgan fingerprint density at radius 1 is 1.41 bits per heavy atom. The largest absolute Gasteiger partial charge is 0.396 e. The maximum absolute atomic E-state index is 13.2. The second-order valence-corrected chi connectivity index (χ2v) is 6.67. The Morgan fingerprint density at radius 3 is 2.76 bits per heavy atom. The predicted molar refractivity (Wildman–Crippen MR) is 72.9 cm³/mol. The molecule has 2 nitrogen and oxygen atoms in total. The van der Waals surface area contributed by atoms with E-state index in [1.165, 1.54) is 23.5 Å². The van der Waals surface area contributed by atoms with Gasteiger partial charge in [0, 0.05) is 14.2 Å². The molecular formula is C11H9BrFNOS2. The van der Waals surface area contributed by atoms with Crippen LogP contribution in [0.15, 0.2) is 39.0 Å². The Bertz CT molecular complexity index is 570. The quantitative estimate of drug-likeness (QED) is 0.873. The Kier molecular flexibility index (Phi) is 3.96. The fourth-order valence-electron chi connectivity index (χ4n) is 1.28. The first-order chi connectivity index (χ1) is 8.08. The van der Waals surface area contributed by atoms with E-state index >= 15 is 0 Å². The maximum Gasteiger partial charge on any atom is 0.147 e. The van der Waals surface area contributed by atoms with Crippen molar-refractivity contribution in [3.8, 4) is 0 Å². The Hall–Kier alpha value is -0.720. The highest BCUT2D eigenvalue weighted by Gasteiger charge is 2.10. The van der Waals surface area contributed by atoms with E-state index in [4.69, 9.17) is 5.73 Å². The molecule has 0 radical (unpaired) electrons. The number of anilines is 1. The molecule has 0 aliphatic heterocycles. The van der Waals surface area contributed by atoms with E-state index in [1.807, 2.05) is 11.4 Å². The van der Waals surface area contributed by atoms with E-state index in [0.717, 1.165) is 9.35 Å². The fraction of sp³-hybridized carbons (Fsp3) is 0.0909. The minimum Gasteiger partial charge on any atom is -0.396 e. The van der Waals surface area contributed by atoms with E-state index in [1.54, 1.807) is 6.07 Å². The number of thiophene rings is 1. The highest BCUT2D eigenvalue weighted by atomic mass is 79.9. The second kappa shape index (κ2) is 5.29. The van der Waals surface area contributed by atoms with Crippen LogP contribution in [0.1, 0.15) is 4.88 Å². The third kappa shape index (κ3) is 2.94. The summed E-state index contributed by atoms with van der Waals surface area (Å²) in [5.74, 6) is -0.150. The van der Waals surface area contributed by atoms with E-state index in [0.29, 0.717) is 10.6 Å². The van der Waals surface area contributed by atoms with Crippen molar-refractivity contribution in [3.05, 3.63) is 44.8 Å². The van der Waals surface area contributed by atoms with Gasteiger partial charge in [-0.3, -0.25) is 4.21 Å². The maximum atomic E-state index is 13.2. The van der Waals surface area contributed by atoms with Gasteiger partial charge in [-0.15, -0.1) is 11.3 Å². The smallest absolute Gasteiger partial charge is 0.147 e. The Balaban J connectivity index is 2.20. The topological polar surface area (TPSA) is 43.1 Å². The van der Waals surface area contributed by atoms with Crippen molar-refractivity contribution in [1.82, 2.24) is 0 Å². The minimum absolute atomic E-state index is 0.0723. The average molecular weight is 334 g/mol. The van der Waals surface area contributed by atoms with E-state index < -0.39 is 16.6 Å². The van der Waals surface area contributed by atoms with Gasteiger partial charge in [0.1, 0.15) is 5.82 Å². The number of nitrogen functional groups attached to an aromatic ring is 1. The lowest BCUT2D eigenvalue weighted by Crippen LogP contribution is -1.98. The highest BCUT2D eigenvalue weighted by Crippen LogP contribution is 2.26. The summed E-state index contributed by atoms with van der Waals surface area (Å²) in [5.41, 5.74) is 5.44. The molecule has 2 rings (SSSR count). The molecule has 6 heteroatoms. The van der Waals surface area contributed by atoms with Crippen LogP contribution in [0.3, 0.4) is 0 Å². The molecule has 1 aromatic heterocycles. The van der Waals surface area contributed by atoms with Crippen molar-refractivity contribution in [3.63, 3.8) is 0 Å². The van der Waals surface area contributed by atoms with Crippen molar-refractivity contribution in [2.24, 2.45) is 0 Å². The first kappa shape index (κ1) is 12.7. The van der Waals surface area contributed by atoms with Gasteiger partial charge in [0.25, 0.3) is 0 Å². The first-order valence-electron chi connectivity index (χ1n) is 4.73. The van der Waals surface area contributed by atoms with Crippen LogP contribution in [0.2, 0.25) is 0 Å². The number of halogens is 2. The number of benzene rings is 1. The zero-order valence-corrected chi connectivity index (χ0v) is 11.9. The minimum atomic E-state index is -1.26. The number of nitrogens with two attached hydrogens (primary N) is 1. The summed E-state index contributed by atoms with van der Waals surface area (Å²) >= 11 is 4.90. The molecule has 0 aliphatic rings. The van der Waals surface area contributed by atoms with Crippen molar-refractivity contribution in [2.45, 2.75) is 10.6 Å². The van der Waals surface area contributed by atoms with E-state index in [9.17, 15) is 8.60 Å². The molecule has 1 unspecified atom stereocenters. The molecule has 2 N–H and O–H groups in total. The summed E-state index contributed by atoms with van der Waals surface area (Å²) in [5, 5.41) is 1.92. The SMILES string of the molecule is Nc1ccc(S(=O)Cc2sccc2Br)cc1F. The van der Waals surface area contributed by atoms with Gasteiger partial charge < -0.3 is 5.73 Å². The van der Waals surface area contributed by atoms with Crippen molar-refractivity contribution in [1.29, 1.82) is 0 Å². The third-order valence-electron chi connectivity index (χ3n) is 2.19. The Labute approximate surface area is 113 Å². The zero-order chi connectivity index (χ0) is 12.4. The van der Waals surface area contributed by atoms with Gasteiger partial charge in [0.2, 0.25) is 0 Å². The number of hydrogen-bond donors (Lipinski definition) is 1. The molecule has 90 valence electrons. The molecule has 0 aliphatic carbocycles. The van der Waals surface area contributed by atoms with Gasteiger partial charge in [-0.05, 0) is 45.6 Å². The molecule has 1 atom stereocenters. The molecule has 0 bridgehead atoms. The summed E-state index contributed by atoms with van der Waals surface area (Å²) < 4.78 is 26.2. The van der Waals surface area contributed by atoms with Gasteiger partial charge >= 0.3 is 0 Å². The molecule has 0 amide bonds. The van der Waals surface area contributed by atoms with Gasteiger partial charge in [0.05, 0.1) is 22.2 Å². The van der Waals surface area contributed by atoms with Gasteiger partial charge in [-0.25, -0.2) is 4.39 Å². The zero-order valence-electron chi connectivity index (χ0n) is 8.65. The summed E-state index contributed by atoms with van der Waals surface area (Å²) in [6, 6.07) is 6.16. The molecule has 0 saturated carbocycles. The van der Waals surface area contributed by atoms with Crippen LogP contribution < -0.4 is 5.73 Å². The molecule has 2 aromatic rings. The van der Waals surface area contributed by atoms with Crippen LogP contribution in [-0.4, -0.2) is 4.21 Å². The molecule has 17 heavy (non-hydrogen) atoms. The molecular weight excluding hydrogens is 325 g/mol. The number of hydrogen-bond acceptors (Lipinski definition) is 3. The van der Waals surface area contributed by atoms with Gasteiger partial charge in [-0.1, -0.05) is 0 Å². The first-order valence-corrected chi connectivity index (χ1v) is 7.72. The molecule has 0 spiro atoms. The monoisotopic (exact) mass is 333 g/mol. The standard InChI is InChI=1S/C11H9BrFNOS2/c12-8-3-4-16-11(8)6-17(15)7-1-2-10(14)9(13)5-7/h1-5H,6,14H2. The van der Waals surface area contributed by atoms with E-state index in [-0.39, 0.29) is 5.69 Å². The van der Waals surface area contributed by atoms with Crippen LogP contribution >= 0.6 is 27.3 Å². The van der Waals surface area contributed by atoms with Gasteiger partial charge in [-0.2, -0.15) is 0 Å². The summed E-state index contributed by atoms with van der Waals surface area (Å²) in [6.07, 6.45) is 0. The average Bonchev–Trinajstić information content (AvgIpc) is 2.68. The summed E-state index contributed by atoms with van der Waals surface area (Å²) in [6.45, 7) is 0. The predicted octanol–water partition coefficient (Wildman–Crippen LogP) is 3.54. The van der Waals surface area contributed by atoms with Crippen LogP contribution in [-0.2, 0) is 16.6 Å². The van der Waals surface area contributed by atoms with Crippen molar-refractivity contribution >= 4 is 43.8 Å². The third-order valence-corrected chi connectivity index (χ3v) is 5.63. The molecule has 0 saturated heterocycles. The van der Waals surface area contributed by atoms with Crippen LogP contribution in [0.5, 0.6) is 0 Å².